The first-order chi connectivity index (χ1) is 6.86. The zero-order chi connectivity index (χ0) is 9.80. The molecule has 2 unspecified atom stereocenters. The van der Waals surface area contributed by atoms with E-state index in [1.165, 1.54) is 12.8 Å². The van der Waals surface area contributed by atoms with Gasteiger partial charge in [-0.3, -0.25) is 0 Å². The molecular formula is C12H17NO. The van der Waals surface area contributed by atoms with Crippen LogP contribution in [0.5, 0.6) is 5.75 Å². The van der Waals surface area contributed by atoms with Crippen LogP contribution in [-0.2, 0) is 0 Å². The van der Waals surface area contributed by atoms with Crippen molar-refractivity contribution in [1.29, 1.82) is 0 Å². The number of benzene rings is 1. The topological polar surface area (TPSA) is 35.2 Å². The molecule has 2 rings (SSSR count). The maximum Gasteiger partial charge on any atom is 0.119 e. The Labute approximate surface area is 85.1 Å². The highest BCUT2D eigenvalue weighted by Crippen LogP contribution is 2.22. The predicted molar refractivity (Wildman–Crippen MR) is 57.3 cm³/mol. The van der Waals surface area contributed by atoms with Crippen molar-refractivity contribution in [3.05, 3.63) is 30.3 Å². The van der Waals surface area contributed by atoms with E-state index >= 15 is 0 Å². The summed E-state index contributed by atoms with van der Waals surface area (Å²) in [6.07, 6.45) is 4.89. The van der Waals surface area contributed by atoms with E-state index in [0.29, 0.717) is 0 Å². The summed E-state index contributed by atoms with van der Waals surface area (Å²) in [5, 5.41) is 0. The van der Waals surface area contributed by atoms with E-state index in [-0.39, 0.29) is 12.1 Å². The lowest BCUT2D eigenvalue weighted by molar-refractivity contribution is 0.132. The minimum absolute atomic E-state index is 0.212. The second kappa shape index (κ2) is 4.47. The second-order valence-electron chi connectivity index (χ2n) is 3.92. The molecule has 0 amide bonds. The van der Waals surface area contributed by atoms with Gasteiger partial charge in [-0.2, -0.15) is 0 Å². The third-order valence-electron chi connectivity index (χ3n) is 2.78. The standard InChI is InChI=1S/C12H17NO/c13-11-8-4-5-9-12(11)14-10-6-2-1-3-7-10/h1-3,6-7,11-12H,4-5,8-9,13H2. The lowest BCUT2D eigenvalue weighted by Gasteiger charge is -2.29. The Morgan fingerprint density at radius 3 is 2.50 bits per heavy atom. The maximum absolute atomic E-state index is 6.00. The smallest absolute Gasteiger partial charge is 0.119 e. The molecule has 1 aliphatic carbocycles. The van der Waals surface area contributed by atoms with Crippen LogP contribution >= 0.6 is 0 Å². The lowest BCUT2D eigenvalue weighted by atomic mass is 9.93. The summed E-state index contributed by atoms with van der Waals surface area (Å²) in [6.45, 7) is 0. The maximum atomic E-state index is 6.00. The van der Waals surface area contributed by atoms with Crippen LogP contribution in [0.25, 0.3) is 0 Å². The lowest BCUT2D eigenvalue weighted by Crippen LogP contribution is -2.41. The van der Waals surface area contributed by atoms with Gasteiger partial charge in [0, 0.05) is 6.04 Å². The van der Waals surface area contributed by atoms with Crippen LogP contribution in [0.2, 0.25) is 0 Å². The third kappa shape index (κ3) is 2.26. The van der Waals surface area contributed by atoms with Gasteiger partial charge in [-0.25, -0.2) is 0 Å². The van der Waals surface area contributed by atoms with Gasteiger partial charge < -0.3 is 10.5 Å². The van der Waals surface area contributed by atoms with Crippen molar-refractivity contribution in [2.24, 2.45) is 5.73 Å². The highest BCUT2D eigenvalue weighted by atomic mass is 16.5. The van der Waals surface area contributed by atoms with Crippen LogP contribution in [-0.4, -0.2) is 12.1 Å². The van der Waals surface area contributed by atoms with Crippen molar-refractivity contribution < 1.29 is 4.74 Å². The molecular weight excluding hydrogens is 174 g/mol. The first-order valence-electron chi connectivity index (χ1n) is 5.33. The Morgan fingerprint density at radius 2 is 1.79 bits per heavy atom. The molecule has 1 aromatic carbocycles. The number of nitrogens with two attached hydrogens (primary N) is 1. The van der Waals surface area contributed by atoms with Gasteiger partial charge >= 0.3 is 0 Å². The van der Waals surface area contributed by atoms with E-state index in [2.05, 4.69) is 0 Å². The summed E-state index contributed by atoms with van der Waals surface area (Å²) in [6, 6.07) is 10.2. The van der Waals surface area contributed by atoms with Gasteiger partial charge in [-0.1, -0.05) is 24.6 Å². The summed E-state index contributed by atoms with van der Waals surface area (Å²) in [5.41, 5.74) is 6.00. The summed E-state index contributed by atoms with van der Waals surface area (Å²) in [5.74, 6) is 0.940. The molecule has 1 aliphatic rings. The van der Waals surface area contributed by atoms with E-state index < -0.39 is 0 Å². The highest BCUT2D eigenvalue weighted by molar-refractivity contribution is 5.21. The molecule has 0 aromatic heterocycles. The molecule has 2 heteroatoms. The molecule has 0 radical (unpaired) electrons. The molecule has 0 aliphatic heterocycles. The van der Waals surface area contributed by atoms with E-state index in [1.54, 1.807) is 0 Å². The van der Waals surface area contributed by atoms with Crippen molar-refractivity contribution in [2.75, 3.05) is 0 Å². The summed E-state index contributed by atoms with van der Waals surface area (Å²) in [4.78, 5) is 0. The second-order valence-corrected chi connectivity index (χ2v) is 3.92. The Hall–Kier alpha value is -1.02. The van der Waals surface area contributed by atoms with Crippen LogP contribution in [0.1, 0.15) is 25.7 Å². The van der Waals surface area contributed by atoms with Crippen LogP contribution in [0.4, 0.5) is 0 Å². The van der Waals surface area contributed by atoms with Crippen molar-refractivity contribution in [2.45, 2.75) is 37.8 Å². The van der Waals surface area contributed by atoms with E-state index in [4.69, 9.17) is 10.5 Å². The molecule has 2 N–H and O–H groups in total. The molecule has 14 heavy (non-hydrogen) atoms. The SMILES string of the molecule is NC1CCCCC1Oc1ccccc1. The Kier molecular flexibility index (Phi) is 3.04. The van der Waals surface area contributed by atoms with Gasteiger partial charge in [0.05, 0.1) is 0 Å². The molecule has 0 saturated heterocycles. The molecule has 2 atom stereocenters. The van der Waals surface area contributed by atoms with E-state index in [0.717, 1.165) is 18.6 Å². The first kappa shape index (κ1) is 9.53. The molecule has 2 nitrogen and oxygen atoms in total. The van der Waals surface area contributed by atoms with Gasteiger partial charge in [0.2, 0.25) is 0 Å². The Bertz CT molecular complexity index is 273. The van der Waals surface area contributed by atoms with Crippen LogP contribution in [0.15, 0.2) is 30.3 Å². The number of hydrogen-bond donors (Lipinski definition) is 1. The summed E-state index contributed by atoms with van der Waals surface area (Å²) < 4.78 is 5.84. The molecule has 0 bridgehead atoms. The average molecular weight is 191 g/mol. The van der Waals surface area contributed by atoms with Gasteiger partial charge in [-0.15, -0.1) is 0 Å². The van der Waals surface area contributed by atoms with Gasteiger partial charge in [0.1, 0.15) is 11.9 Å². The third-order valence-corrected chi connectivity index (χ3v) is 2.78. The Morgan fingerprint density at radius 1 is 1.07 bits per heavy atom. The minimum atomic E-state index is 0.212. The van der Waals surface area contributed by atoms with Crippen molar-refractivity contribution >= 4 is 0 Å². The van der Waals surface area contributed by atoms with Gasteiger partial charge in [-0.05, 0) is 31.4 Å². The fourth-order valence-corrected chi connectivity index (χ4v) is 1.95. The summed E-state index contributed by atoms with van der Waals surface area (Å²) in [7, 11) is 0. The molecule has 0 spiro atoms. The van der Waals surface area contributed by atoms with Crippen LogP contribution in [0.3, 0.4) is 0 Å². The zero-order valence-corrected chi connectivity index (χ0v) is 8.36. The Balaban J connectivity index is 1.96. The fraction of sp³-hybridized carbons (Fsp3) is 0.500. The monoisotopic (exact) mass is 191 g/mol. The molecule has 1 fully saturated rings. The van der Waals surface area contributed by atoms with E-state index in [1.807, 2.05) is 30.3 Å². The normalized spacial score (nSPS) is 27.2. The van der Waals surface area contributed by atoms with Crippen LogP contribution in [0, 0.1) is 0 Å². The first-order valence-corrected chi connectivity index (χ1v) is 5.33. The summed E-state index contributed by atoms with van der Waals surface area (Å²) >= 11 is 0. The van der Waals surface area contributed by atoms with Crippen molar-refractivity contribution in [1.82, 2.24) is 0 Å². The molecule has 76 valence electrons. The largest absolute Gasteiger partial charge is 0.489 e. The van der Waals surface area contributed by atoms with E-state index in [9.17, 15) is 0 Å². The zero-order valence-electron chi connectivity index (χ0n) is 8.36. The quantitative estimate of drug-likeness (QED) is 0.778. The van der Waals surface area contributed by atoms with Gasteiger partial charge in [0.15, 0.2) is 0 Å². The number of rotatable bonds is 2. The molecule has 1 saturated carbocycles. The minimum Gasteiger partial charge on any atom is -0.489 e. The predicted octanol–water partition coefficient (Wildman–Crippen LogP) is 2.34. The number of hydrogen-bond acceptors (Lipinski definition) is 2. The van der Waals surface area contributed by atoms with Crippen LogP contribution < -0.4 is 10.5 Å². The fourth-order valence-electron chi connectivity index (χ4n) is 1.95. The molecule has 0 heterocycles. The highest BCUT2D eigenvalue weighted by Gasteiger charge is 2.22. The van der Waals surface area contributed by atoms with Gasteiger partial charge in [0.25, 0.3) is 0 Å². The van der Waals surface area contributed by atoms with Crippen molar-refractivity contribution in [3.8, 4) is 5.75 Å². The number of ether oxygens (including phenoxy) is 1. The average Bonchev–Trinajstić information content (AvgIpc) is 2.23. The van der Waals surface area contributed by atoms with Crippen molar-refractivity contribution in [3.63, 3.8) is 0 Å². The molecule has 1 aromatic rings. The number of para-hydroxylation sites is 1.